The molecule has 2 aromatic heterocycles. The number of para-hydroxylation sites is 1. The minimum absolute atomic E-state index is 0.0754. The SMILES string of the molecule is On1c(-c2ccccc2)c(C(c2ccccn2)N2CCOCC2)c2ccccc21. The molecule has 5 heteroatoms. The fraction of sp³-hybridized carbons (Fsp3) is 0.208. The lowest BCUT2D eigenvalue weighted by Gasteiger charge is -2.34. The van der Waals surface area contributed by atoms with E-state index in [1.807, 2.05) is 66.9 Å². The van der Waals surface area contributed by atoms with Crippen molar-refractivity contribution in [2.24, 2.45) is 0 Å². The summed E-state index contributed by atoms with van der Waals surface area (Å²) in [5, 5.41) is 12.2. The molecule has 0 amide bonds. The molecule has 1 saturated heterocycles. The lowest BCUT2D eigenvalue weighted by atomic mass is 9.94. The van der Waals surface area contributed by atoms with Gasteiger partial charge in [0.15, 0.2) is 0 Å². The third kappa shape index (κ3) is 3.18. The van der Waals surface area contributed by atoms with Gasteiger partial charge in [-0.15, -0.1) is 0 Å². The van der Waals surface area contributed by atoms with Gasteiger partial charge in [-0.3, -0.25) is 9.88 Å². The van der Waals surface area contributed by atoms with E-state index in [1.54, 1.807) is 0 Å². The van der Waals surface area contributed by atoms with Crippen molar-refractivity contribution in [3.8, 4) is 11.3 Å². The first kappa shape index (κ1) is 17.9. The van der Waals surface area contributed by atoms with E-state index in [1.165, 1.54) is 4.73 Å². The molecular weight excluding hydrogens is 362 g/mol. The molecule has 1 aliphatic heterocycles. The van der Waals surface area contributed by atoms with Gasteiger partial charge in [-0.1, -0.05) is 54.6 Å². The van der Waals surface area contributed by atoms with Crippen molar-refractivity contribution in [1.29, 1.82) is 0 Å². The van der Waals surface area contributed by atoms with Crippen LogP contribution in [0.2, 0.25) is 0 Å². The Labute approximate surface area is 169 Å². The summed E-state index contributed by atoms with van der Waals surface area (Å²) < 4.78 is 6.94. The second kappa shape index (κ2) is 7.70. The Kier molecular flexibility index (Phi) is 4.76. The van der Waals surface area contributed by atoms with Gasteiger partial charge in [0.1, 0.15) is 0 Å². The lowest BCUT2D eigenvalue weighted by Crippen LogP contribution is -2.40. The van der Waals surface area contributed by atoms with Crippen molar-refractivity contribution < 1.29 is 9.94 Å². The predicted molar refractivity (Wildman–Crippen MR) is 113 cm³/mol. The average molecular weight is 385 g/mol. The molecule has 3 heterocycles. The second-order valence-electron chi connectivity index (χ2n) is 7.26. The molecule has 29 heavy (non-hydrogen) atoms. The Morgan fingerprint density at radius 2 is 1.59 bits per heavy atom. The highest BCUT2D eigenvalue weighted by atomic mass is 16.5. The smallest absolute Gasteiger partial charge is 0.0930 e. The molecule has 1 unspecified atom stereocenters. The summed E-state index contributed by atoms with van der Waals surface area (Å²) in [6.45, 7) is 3.03. The first-order valence-corrected chi connectivity index (χ1v) is 9.95. The summed E-state index contributed by atoms with van der Waals surface area (Å²) in [6.07, 6.45) is 1.84. The largest absolute Gasteiger partial charge is 0.428 e. The van der Waals surface area contributed by atoms with Gasteiger partial charge in [0.25, 0.3) is 0 Å². The minimum Gasteiger partial charge on any atom is -0.428 e. The fourth-order valence-corrected chi connectivity index (χ4v) is 4.29. The van der Waals surface area contributed by atoms with E-state index < -0.39 is 0 Å². The van der Waals surface area contributed by atoms with E-state index in [0.717, 1.165) is 46.5 Å². The zero-order valence-electron chi connectivity index (χ0n) is 16.1. The highest BCUT2D eigenvalue weighted by Gasteiger charge is 2.32. The van der Waals surface area contributed by atoms with E-state index in [9.17, 15) is 5.21 Å². The van der Waals surface area contributed by atoms with Crippen LogP contribution in [0.1, 0.15) is 17.3 Å². The zero-order chi connectivity index (χ0) is 19.6. The quantitative estimate of drug-likeness (QED) is 0.530. The van der Waals surface area contributed by atoms with Crippen LogP contribution >= 0.6 is 0 Å². The van der Waals surface area contributed by atoms with Crippen LogP contribution in [0, 0.1) is 0 Å². The second-order valence-corrected chi connectivity index (χ2v) is 7.26. The molecule has 4 aromatic rings. The summed E-state index contributed by atoms with van der Waals surface area (Å²) in [5.74, 6) is 0. The first-order valence-electron chi connectivity index (χ1n) is 9.95. The van der Waals surface area contributed by atoms with Gasteiger partial charge in [0.05, 0.1) is 36.2 Å². The molecule has 5 nitrogen and oxygen atoms in total. The van der Waals surface area contributed by atoms with Crippen LogP contribution < -0.4 is 0 Å². The van der Waals surface area contributed by atoms with Crippen LogP contribution in [-0.4, -0.2) is 46.1 Å². The van der Waals surface area contributed by atoms with Crippen molar-refractivity contribution in [3.63, 3.8) is 0 Å². The number of pyridine rings is 1. The maximum atomic E-state index is 11.2. The molecule has 5 rings (SSSR count). The molecule has 1 N–H and O–H groups in total. The predicted octanol–water partition coefficient (Wildman–Crippen LogP) is 4.36. The zero-order valence-corrected chi connectivity index (χ0v) is 16.1. The average Bonchev–Trinajstić information content (AvgIpc) is 3.09. The molecule has 0 aliphatic carbocycles. The van der Waals surface area contributed by atoms with E-state index in [-0.39, 0.29) is 6.04 Å². The molecule has 1 aliphatic rings. The van der Waals surface area contributed by atoms with Gasteiger partial charge in [0, 0.05) is 35.8 Å². The number of benzene rings is 2. The highest BCUT2D eigenvalue weighted by molar-refractivity contribution is 5.92. The van der Waals surface area contributed by atoms with Gasteiger partial charge in [-0.2, -0.15) is 4.73 Å². The molecule has 2 aromatic carbocycles. The van der Waals surface area contributed by atoms with Crippen molar-refractivity contribution in [1.82, 2.24) is 14.6 Å². The normalized spacial score (nSPS) is 16.1. The summed E-state index contributed by atoms with van der Waals surface area (Å²) >= 11 is 0. The van der Waals surface area contributed by atoms with Gasteiger partial charge in [0.2, 0.25) is 0 Å². The number of rotatable bonds is 4. The molecule has 1 fully saturated rings. The van der Waals surface area contributed by atoms with Crippen LogP contribution in [0.15, 0.2) is 79.0 Å². The van der Waals surface area contributed by atoms with Gasteiger partial charge in [-0.25, -0.2) is 0 Å². The number of hydrogen-bond acceptors (Lipinski definition) is 4. The third-order valence-electron chi connectivity index (χ3n) is 5.59. The summed E-state index contributed by atoms with van der Waals surface area (Å²) in [4.78, 5) is 7.11. The van der Waals surface area contributed by atoms with Crippen molar-refractivity contribution >= 4 is 10.9 Å². The van der Waals surface area contributed by atoms with E-state index in [4.69, 9.17) is 9.72 Å². The minimum atomic E-state index is -0.0754. The van der Waals surface area contributed by atoms with E-state index in [0.29, 0.717) is 13.2 Å². The molecular formula is C24H23N3O2. The maximum Gasteiger partial charge on any atom is 0.0930 e. The Morgan fingerprint density at radius 1 is 0.862 bits per heavy atom. The summed E-state index contributed by atoms with van der Waals surface area (Å²) in [5.41, 5.74) is 4.65. The third-order valence-corrected chi connectivity index (χ3v) is 5.59. The Hall–Kier alpha value is -3.15. The van der Waals surface area contributed by atoms with E-state index in [2.05, 4.69) is 17.0 Å². The number of aromatic nitrogens is 2. The maximum absolute atomic E-state index is 11.2. The number of nitrogens with zero attached hydrogens (tertiary/aromatic N) is 3. The Bertz CT molecular complexity index is 1100. The number of fused-ring (bicyclic) bond motifs is 1. The van der Waals surface area contributed by atoms with Crippen LogP contribution in [0.4, 0.5) is 0 Å². The molecule has 1 atom stereocenters. The van der Waals surface area contributed by atoms with Crippen LogP contribution in [0.25, 0.3) is 22.2 Å². The standard InChI is InChI=1S/C24H23N3O2/c28-27-21-12-5-4-10-19(21)22(23(27)18-8-2-1-3-9-18)24(20-11-6-7-13-25-20)26-14-16-29-17-15-26/h1-13,24,28H,14-17H2. The Morgan fingerprint density at radius 3 is 2.34 bits per heavy atom. The molecule has 0 spiro atoms. The molecule has 146 valence electrons. The Balaban J connectivity index is 1.81. The van der Waals surface area contributed by atoms with E-state index >= 15 is 0 Å². The van der Waals surface area contributed by atoms with Crippen LogP contribution in [0.5, 0.6) is 0 Å². The molecule has 0 bridgehead atoms. The van der Waals surface area contributed by atoms with Crippen molar-refractivity contribution in [3.05, 3.63) is 90.3 Å². The monoisotopic (exact) mass is 385 g/mol. The first-order chi connectivity index (χ1) is 14.3. The van der Waals surface area contributed by atoms with Crippen molar-refractivity contribution in [2.75, 3.05) is 26.3 Å². The fourth-order valence-electron chi connectivity index (χ4n) is 4.29. The number of hydrogen-bond donors (Lipinski definition) is 1. The van der Waals surface area contributed by atoms with Gasteiger partial charge < -0.3 is 9.94 Å². The topological polar surface area (TPSA) is 50.5 Å². The summed E-state index contributed by atoms with van der Waals surface area (Å²) in [6, 6.07) is 24.1. The summed E-state index contributed by atoms with van der Waals surface area (Å²) in [7, 11) is 0. The van der Waals surface area contributed by atoms with Crippen LogP contribution in [-0.2, 0) is 4.74 Å². The van der Waals surface area contributed by atoms with Crippen molar-refractivity contribution in [2.45, 2.75) is 6.04 Å². The van der Waals surface area contributed by atoms with Gasteiger partial charge >= 0.3 is 0 Å². The number of morpholine rings is 1. The lowest BCUT2D eigenvalue weighted by molar-refractivity contribution is 0.0234. The highest BCUT2D eigenvalue weighted by Crippen LogP contribution is 2.41. The van der Waals surface area contributed by atoms with Crippen LogP contribution in [0.3, 0.4) is 0 Å². The molecule has 0 radical (unpaired) electrons. The molecule has 0 saturated carbocycles. The van der Waals surface area contributed by atoms with Gasteiger partial charge in [-0.05, 0) is 18.2 Å². The number of ether oxygens (including phenoxy) is 1.